The van der Waals surface area contributed by atoms with E-state index in [1.165, 1.54) is 6.07 Å². The lowest BCUT2D eigenvalue weighted by molar-refractivity contribution is -0.313. The van der Waals surface area contributed by atoms with Gasteiger partial charge in [0.15, 0.2) is 0 Å². The summed E-state index contributed by atoms with van der Waals surface area (Å²) in [5.74, 6) is -0.620. The van der Waals surface area contributed by atoms with Gasteiger partial charge in [0.25, 0.3) is 0 Å². The minimum atomic E-state index is -0.620. The lowest BCUT2D eigenvalue weighted by Gasteiger charge is -2.48. The maximum Gasteiger partial charge on any atom is 0.374 e. The third-order valence-electron chi connectivity index (χ3n) is 6.85. The van der Waals surface area contributed by atoms with Crippen LogP contribution in [0.25, 0.3) is 0 Å². The van der Waals surface area contributed by atoms with Crippen LogP contribution in [0.5, 0.6) is 0 Å². The number of carbonyl (C=O) groups is 1. The quantitative estimate of drug-likeness (QED) is 0.338. The number of rotatable bonds is 6. The van der Waals surface area contributed by atoms with Crippen molar-refractivity contribution in [1.29, 1.82) is 0 Å². The summed E-state index contributed by atoms with van der Waals surface area (Å²) in [6.45, 7) is 21.9. The second kappa shape index (κ2) is 8.53. The van der Waals surface area contributed by atoms with E-state index in [-0.39, 0.29) is 38.4 Å². The maximum absolute atomic E-state index is 12.5. The number of carbonyl (C=O) groups excluding carboxylic acids is 1. The normalized spacial score (nSPS) is 14.7. The van der Waals surface area contributed by atoms with Gasteiger partial charge in [-0.1, -0.05) is 92.4 Å². The third-order valence-corrected chi connectivity index (χ3v) is 7.40. The molecule has 0 aliphatic carbocycles. The molecule has 0 aliphatic heterocycles. The van der Waals surface area contributed by atoms with E-state index >= 15 is 0 Å². The van der Waals surface area contributed by atoms with Gasteiger partial charge in [0.05, 0.1) is 10.6 Å². The van der Waals surface area contributed by atoms with Crippen molar-refractivity contribution >= 4 is 29.2 Å². The topological polar surface area (TPSA) is 35.5 Å². The number of benzene rings is 1. The number of hydrogen-bond donors (Lipinski definition) is 0. The standard InChI is InChI=1S/C23H36Cl2O3/c1-20(2,3)22(7,8)14-18(23(9,10)21(4,5)6)27-28-19(26)16-12-11-15(24)13-17(16)25/h11-13,18H,14H2,1-10H3. The zero-order valence-electron chi connectivity index (χ0n) is 19.0. The molecule has 160 valence electrons. The molecule has 0 saturated heterocycles. The van der Waals surface area contributed by atoms with Gasteiger partial charge in [-0.15, -0.1) is 0 Å². The van der Waals surface area contributed by atoms with Crippen LogP contribution < -0.4 is 0 Å². The molecule has 1 unspecified atom stereocenters. The predicted molar refractivity (Wildman–Crippen MR) is 118 cm³/mol. The van der Waals surface area contributed by atoms with Crippen LogP contribution in [0.15, 0.2) is 18.2 Å². The zero-order chi connectivity index (χ0) is 22.1. The summed E-state index contributed by atoms with van der Waals surface area (Å²) in [7, 11) is 0. The summed E-state index contributed by atoms with van der Waals surface area (Å²) >= 11 is 12.0. The van der Waals surface area contributed by atoms with Crippen LogP contribution in [0.2, 0.25) is 10.0 Å². The lowest BCUT2D eigenvalue weighted by Crippen LogP contribution is -2.46. The Morgan fingerprint density at radius 1 is 0.929 bits per heavy atom. The molecule has 1 aromatic rings. The highest BCUT2D eigenvalue weighted by atomic mass is 35.5. The van der Waals surface area contributed by atoms with E-state index in [0.717, 1.165) is 6.42 Å². The van der Waals surface area contributed by atoms with E-state index < -0.39 is 5.97 Å². The van der Waals surface area contributed by atoms with Crippen molar-refractivity contribution < 1.29 is 14.6 Å². The molecule has 0 radical (unpaired) electrons. The van der Waals surface area contributed by atoms with E-state index in [9.17, 15) is 4.79 Å². The predicted octanol–water partition coefficient (Wildman–Crippen LogP) is 7.99. The maximum atomic E-state index is 12.5. The Morgan fingerprint density at radius 3 is 1.89 bits per heavy atom. The fourth-order valence-electron chi connectivity index (χ4n) is 2.46. The average Bonchev–Trinajstić information content (AvgIpc) is 2.48. The molecule has 0 amide bonds. The van der Waals surface area contributed by atoms with Gasteiger partial charge in [0.1, 0.15) is 6.10 Å². The van der Waals surface area contributed by atoms with Gasteiger partial charge in [-0.2, -0.15) is 4.89 Å². The van der Waals surface area contributed by atoms with Crippen molar-refractivity contribution in [2.75, 3.05) is 0 Å². The molecule has 0 spiro atoms. The second-order valence-electron chi connectivity index (χ2n) is 10.9. The molecule has 1 atom stereocenters. The van der Waals surface area contributed by atoms with E-state index in [4.69, 9.17) is 33.0 Å². The van der Waals surface area contributed by atoms with Crippen molar-refractivity contribution in [2.45, 2.75) is 81.8 Å². The summed E-state index contributed by atoms with van der Waals surface area (Å²) < 4.78 is 0. The van der Waals surface area contributed by atoms with Crippen LogP contribution in [0.4, 0.5) is 0 Å². The molecule has 1 aromatic carbocycles. The molecule has 0 bridgehead atoms. The first-order valence-corrected chi connectivity index (χ1v) is 10.5. The first-order chi connectivity index (χ1) is 12.4. The first-order valence-electron chi connectivity index (χ1n) is 9.73. The molecule has 0 aromatic heterocycles. The van der Waals surface area contributed by atoms with Gasteiger partial charge in [-0.3, -0.25) is 4.89 Å². The summed E-state index contributed by atoms with van der Waals surface area (Å²) in [4.78, 5) is 23.7. The fourth-order valence-corrected chi connectivity index (χ4v) is 2.95. The summed E-state index contributed by atoms with van der Waals surface area (Å²) in [5.41, 5.74) is -0.0555. The second-order valence-corrected chi connectivity index (χ2v) is 11.7. The van der Waals surface area contributed by atoms with Crippen molar-refractivity contribution in [3.05, 3.63) is 33.8 Å². The number of hydrogen-bond acceptors (Lipinski definition) is 3. The molecule has 0 heterocycles. The fraction of sp³-hybridized carbons (Fsp3) is 0.696. The summed E-state index contributed by atoms with van der Waals surface area (Å²) in [5, 5.41) is 0.698. The lowest BCUT2D eigenvalue weighted by atomic mass is 9.59. The van der Waals surface area contributed by atoms with Gasteiger partial charge in [0, 0.05) is 10.4 Å². The molecule has 0 aliphatic rings. The van der Waals surface area contributed by atoms with E-state index in [1.54, 1.807) is 12.1 Å². The van der Waals surface area contributed by atoms with Crippen LogP contribution in [-0.2, 0) is 9.78 Å². The Hall–Kier alpha value is -0.770. The minimum absolute atomic E-state index is 0.0372. The highest BCUT2D eigenvalue weighted by Crippen LogP contribution is 2.49. The SMILES string of the molecule is CC(C)(C)C(C)(C)CC(OOC(=O)c1ccc(Cl)cc1Cl)C(C)(C)C(C)(C)C. The van der Waals surface area contributed by atoms with E-state index in [0.29, 0.717) is 5.02 Å². The van der Waals surface area contributed by atoms with Gasteiger partial charge in [-0.25, -0.2) is 4.79 Å². The molecular weight excluding hydrogens is 395 g/mol. The Balaban J connectivity index is 3.11. The van der Waals surface area contributed by atoms with Crippen LogP contribution in [-0.4, -0.2) is 12.1 Å². The number of halogens is 2. The average molecular weight is 431 g/mol. The van der Waals surface area contributed by atoms with Gasteiger partial charge >= 0.3 is 5.97 Å². The smallest absolute Gasteiger partial charge is 0.292 e. The van der Waals surface area contributed by atoms with Crippen molar-refractivity contribution in [3.63, 3.8) is 0 Å². The Morgan fingerprint density at radius 2 is 1.46 bits per heavy atom. The van der Waals surface area contributed by atoms with Gasteiger partial charge in [-0.05, 0) is 40.9 Å². The molecule has 1 rings (SSSR count). The largest absolute Gasteiger partial charge is 0.374 e. The van der Waals surface area contributed by atoms with Crippen LogP contribution in [0, 0.1) is 21.7 Å². The monoisotopic (exact) mass is 430 g/mol. The zero-order valence-corrected chi connectivity index (χ0v) is 20.5. The van der Waals surface area contributed by atoms with Crippen molar-refractivity contribution in [3.8, 4) is 0 Å². The van der Waals surface area contributed by atoms with Gasteiger partial charge < -0.3 is 0 Å². The van der Waals surface area contributed by atoms with Crippen molar-refractivity contribution in [2.24, 2.45) is 21.7 Å². The minimum Gasteiger partial charge on any atom is -0.292 e. The molecule has 28 heavy (non-hydrogen) atoms. The summed E-state index contributed by atoms with van der Waals surface area (Å²) in [6.07, 6.45) is 0.444. The van der Waals surface area contributed by atoms with Crippen molar-refractivity contribution in [1.82, 2.24) is 0 Å². The van der Waals surface area contributed by atoms with E-state index in [1.807, 2.05) is 0 Å². The molecule has 0 saturated carbocycles. The highest BCUT2D eigenvalue weighted by Gasteiger charge is 2.46. The summed E-state index contributed by atoms with van der Waals surface area (Å²) in [6, 6.07) is 4.65. The molecular formula is C23H36Cl2O3. The molecule has 5 heteroatoms. The van der Waals surface area contributed by atoms with Gasteiger partial charge in [0.2, 0.25) is 0 Å². The van der Waals surface area contributed by atoms with E-state index in [2.05, 4.69) is 69.2 Å². The Bertz CT molecular complexity index is 695. The van der Waals surface area contributed by atoms with Crippen LogP contribution in [0.3, 0.4) is 0 Å². The molecule has 0 fully saturated rings. The third kappa shape index (κ3) is 5.87. The molecule has 0 N–H and O–H groups in total. The Labute approximate surface area is 181 Å². The molecule has 3 nitrogen and oxygen atoms in total. The Kier molecular flexibility index (Phi) is 7.70. The first kappa shape index (κ1) is 25.3. The highest BCUT2D eigenvalue weighted by molar-refractivity contribution is 6.36. The van der Waals surface area contributed by atoms with Crippen LogP contribution in [0.1, 0.15) is 86.0 Å². The van der Waals surface area contributed by atoms with Crippen LogP contribution >= 0.6 is 23.2 Å².